The molecular formula is C20H17Cl2N5O2S. The van der Waals surface area contributed by atoms with Crippen LogP contribution in [0.1, 0.15) is 17.8 Å². The molecule has 4 rings (SSSR count). The van der Waals surface area contributed by atoms with Crippen molar-refractivity contribution in [1.82, 2.24) is 19.6 Å². The van der Waals surface area contributed by atoms with Crippen molar-refractivity contribution in [2.45, 2.75) is 18.6 Å². The average Bonchev–Trinajstić information content (AvgIpc) is 3.40. The van der Waals surface area contributed by atoms with E-state index in [9.17, 15) is 0 Å². The van der Waals surface area contributed by atoms with Gasteiger partial charge in [-0.05, 0) is 41.9 Å². The number of benzene rings is 1. The monoisotopic (exact) mass is 461 g/mol. The highest BCUT2D eigenvalue weighted by Gasteiger charge is 2.37. The van der Waals surface area contributed by atoms with Gasteiger partial charge in [0, 0.05) is 35.7 Å². The van der Waals surface area contributed by atoms with Crippen LogP contribution < -0.4 is 4.90 Å². The minimum atomic E-state index is -0.621. The smallest absolute Gasteiger partial charge is 0.168 e. The zero-order valence-corrected chi connectivity index (χ0v) is 18.3. The number of methoxy groups -OCH3 is 1. The molecule has 154 valence electrons. The molecule has 1 fully saturated rings. The van der Waals surface area contributed by atoms with E-state index in [0.29, 0.717) is 33.1 Å². The van der Waals surface area contributed by atoms with Crippen LogP contribution in [0.3, 0.4) is 0 Å². The molecule has 1 aromatic carbocycles. The second kappa shape index (κ2) is 8.84. The summed E-state index contributed by atoms with van der Waals surface area (Å²) in [6.45, 7) is 1.10. The third-order valence-electron chi connectivity index (χ3n) is 4.72. The second-order valence-electron chi connectivity index (χ2n) is 6.73. The van der Waals surface area contributed by atoms with Gasteiger partial charge in [0.25, 0.3) is 0 Å². The van der Waals surface area contributed by atoms with Crippen LogP contribution in [0.2, 0.25) is 10.0 Å². The highest BCUT2D eigenvalue weighted by molar-refractivity contribution is 7.09. The highest BCUT2D eigenvalue weighted by Crippen LogP contribution is 2.29. The Kier molecular flexibility index (Phi) is 6.18. The van der Waals surface area contributed by atoms with Crippen LogP contribution in [0.15, 0.2) is 30.3 Å². The van der Waals surface area contributed by atoms with Crippen LogP contribution in [-0.2, 0) is 11.3 Å². The van der Waals surface area contributed by atoms with Crippen LogP contribution in [0.25, 0.3) is 10.7 Å². The Bertz CT molecular complexity index is 1090. The summed E-state index contributed by atoms with van der Waals surface area (Å²) in [7, 11) is 1.66. The van der Waals surface area contributed by atoms with Crippen LogP contribution in [-0.4, -0.2) is 50.5 Å². The van der Waals surface area contributed by atoms with Crippen molar-refractivity contribution in [3.8, 4) is 22.5 Å². The molecule has 10 heteroatoms. The second-order valence-corrected chi connectivity index (χ2v) is 8.35. The molecule has 30 heavy (non-hydrogen) atoms. The molecule has 0 radical (unpaired) electrons. The molecule has 0 aliphatic carbocycles. The number of halogens is 2. The van der Waals surface area contributed by atoms with Gasteiger partial charge in [-0.2, -0.15) is 4.37 Å². The Balaban J connectivity index is 1.50. The third-order valence-corrected chi connectivity index (χ3v) is 5.93. The molecule has 0 spiro atoms. The van der Waals surface area contributed by atoms with Crippen LogP contribution >= 0.6 is 34.7 Å². The molecule has 1 N–H and O–H groups in total. The number of aromatic nitrogens is 4. The molecule has 3 heterocycles. The molecule has 2 aromatic heterocycles. The number of ether oxygens (including phenoxy) is 1. The Morgan fingerprint density at radius 3 is 2.67 bits per heavy atom. The van der Waals surface area contributed by atoms with Gasteiger partial charge in [-0.1, -0.05) is 35.0 Å². The fraction of sp³-hybridized carbons (Fsp3) is 0.300. The SMILES string of the molecule is COC1(C#Cc2cc(Cl)cc(Cl)c2)CCN(c2ccc(-c3nc(CO)ns3)nn2)C1. The van der Waals surface area contributed by atoms with Crippen LogP contribution in [0.4, 0.5) is 5.82 Å². The number of nitrogens with zero attached hydrogens (tertiary/aromatic N) is 5. The van der Waals surface area contributed by atoms with Crippen molar-refractivity contribution >= 4 is 40.6 Å². The van der Waals surface area contributed by atoms with Gasteiger partial charge in [-0.3, -0.25) is 0 Å². The van der Waals surface area contributed by atoms with Crippen LogP contribution in [0, 0.1) is 11.8 Å². The predicted octanol–water partition coefficient (Wildman–Crippen LogP) is 3.44. The summed E-state index contributed by atoms with van der Waals surface area (Å²) in [6, 6.07) is 8.95. The lowest BCUT2D eigenvalue weighted by Crippen LogP contribution is -2.34. The van der Waals surface area contributed by atoms with E-state index in [1.165, 1.54) is 11.5 Å². The molecule has 1 atom stereocenters. The minimum absolute atomic E-state index is 0.197. The van der Waals surface area contributed by atoms with Crippen molar-refractivity contribution < 1.29 is 9.84 Å². The first-order valence-corrected chi connectivity index (χ1v) is 10.6. The van der Waals surface area contributed by atoms with Crippen molar-refractivity contribution in [3.63, 3.8) is 0 Å². The Morgan fingerprint density at radius 2 is 2.03 bits per heavy atom. The topological polar surface area (TPSA) is 84.3 Å². The van der Waals surface area contributed by atoms with Gasteiger partial charge >= 0.3 is 0 Å². The summed E-state index contributed by atoms with van der Waals surface area (Å²) in [5.74, 6) is 7.48. The first kappa shape index (κ1) is 21.0. The van der Waals surface area contributed by atoms with Gasteiger partial charge in [0.2, 0.25) is 0 Å². The lowest BCUT2D eigenvalue weighted by atomic mass is 10.0. The fourth-order valence-corrected chi connectivity index (χ4v) is 4.30. The molecule has 7 nitrogen and oxygen atoms in total. The van der Waals surface area contributed by atoms with Gasteiger partial charge in [-0.25, -0.2) is 4.98 Å². The largest absolute Gasteiger partial charge is 0.388 e. The lowest BCUT2D eigenvalue weighted by molar-refractivity contribution is 0.0602. The van der Waals surface area contributed by atoms with E-state index in [0.717, 1.165) is 24.3 Å². The highest BCUT2D eigenvalue weighted by atomic mass is 35.5. The van der Waals surface area contributed by atoms with Crippen molar-refractivity contribution in [3.05, 3.63) is 51.8 Å². The van der Waals surface area contributed by atoms with Gasteiger partial charge in [0.1, 0.15) is 17.9 Å². The third kappa shape index (κ3) is 4.56. The zero-order valence-electron chi connectivity index (χ0n) is 16.0. The van der Waals surface area contributed by atoms with E-state index in [1.54, 1.807) is 25.3 Å². The Morgan fingerprint density at radius 1 is 1.23 bits per heavy atom. The van der Waals surface area contributed by atoms with Gasteiger partial charge in [0.15, 0.2) is 16.6 Å². The summed E-state index contributed by atoms with van der Waals surface area (Å²) < 4.78 is 9.82. The van der Waals surface area contributed by atoms with Crippen molar-refractivity contribution in [2.24, 2.45) is 0 Å². The summed E-state index contributed by atoms with van der Waals surface area (Å²) in [6.07, 6.45) is 0.727. The molecule has 1 unspecified atom stereocenters. The Labute approximate surface area is 187 Å². The van der Waals surface area contributed by atoms with Crippen LogP contribution in [0.5, 0.6) is 0 Å². The quantitative estimate of drug-likeness (QED) is 0.595. The summed E-state index contributed by atoms with van der Waals surface area (Å²) >= 11 is 13.3. The number of aliphatic hydroxyl groups is 1. The number of aliphatic hydroxyl groups excluding tert-OH is 1. The molecule has 1 aliphatic rings. The maximum absolute atomic E-state index is 9.10. The molecule has 1 aliphatic heterocycles. The van der Waals surface area contributed by atoms with E-state index >= 15 is 0 Å². The maximum atomic E-state index is 9.10. The van der Waals surface area contributed by atoms with Crippen molar-refractivity contribution in [2.75, 3.05) is 25.1 Å². The van der Waals surface area contributed by atoms with E-state index < -0.39 is 5.60 Å². The predicted molar refractivity (Wildman–Crippen MR) is 117 cm³/mol. The summed E-state index contributed by atoms with van der Waals surface area (Å²) in [4.78, 5) is 6.29. The fourth-order valence-electron chi connectivity index (χ4n) is 3.14. The molecule has 0 bridgehead atoms. The zero-order chi connectivity index (χ0) is 21.1. The maximum Gasteiger partial charge on any atom is 0.168 e. The normalized spacial score (nSPS) is 18.3. The van der Waals surface area contributed by atoms with Gasteiger partial charge in [0.05, 0.1) is 6.54 Å². The summed E-state index contributed by atoms with van der Waals surface area (Å²) in [5.41, 5.74) is 0.737. The molecule has 0 amide bonds. The number of rotatable bonds is 4. The number of hydrogen-bond acceptors (Lipinski definition) is 8. The standard InChI is InChI=1S/C20H17Cl2N5O2S/c1-29-20(5-4-13-8-14(21)10-15(22)9-13)6-7-27(12-20)18-3-2-16(24-25-18)19-23-17(11-28)26-30-19/h2-3,8-10,28H,6-7,11-12H2,1H3. The van der Waals surface area contributed by atoms with Crippen molar-refractivity contribution in [1.29, 1.82) is 0 Å². The minimum Gasteiger partial charge on any atom is -0.388 e. The molecule has 3 aromatic rings. The number of anilines is 1. The molecule has 0 saturated carbocycles. The lowest BCUT2D eigenvalue weighted by Gasteiger charge is -2.22. The van der Waals surface area contributed by atoms with E-state index in [1.807, 2.05) is 12.1 Å². The first-order chi connectivity index (χ1) is 14.5. The first-order valence-electron chi connectivity index (χ1n) is 9.07. The van der Waals surface area contributed by atoms with E-state index in [2.05, 4.69) is 36.3 Å². The molecular weight excluding hydrogens is 445 g/mol. The molecule has 1 saturated heterocycles. The average molecular weight is 462 g/mol. The van der Waals surface area contributed by atoms with E-state index in [4.69, 9.17) is 33.0 Å². The number of hydrogen-bond donors (Lipinski definition) is 1. The van der Waals surface area contributed by atoms with Gasteiger partial charge in [-0.15, -0.1) is 10.2 Å². The Hall–Kier alpha value is -2.28. The van der Waals surface area contributed by atoms with Gasteiger partial charge < -0.3 is 14.7 Å². The van der Waals surface area contributed by atoms with E-state index in [-0.39, 0.29) is 6.61 Å². The summed E-state index contributed by atoms with van der Waals surface area (Å²) in [5, 5.41) is 19.4.